The van der Waals surface area contributed by atoms with Crippen LogP contribution in [0, 0.1) is 6.92 Å². The van der Waals surface area contributed by atoms with Crippen LogP contribution < -0.4 is 10.6 Å². The van der Waals surface area contributed by atoms with E-state index in [0.717, 1.165) is 25.4 Å². The molecular weight excluding hydrogens is 218 g/mol. The molecule has 1 unspecified atom stereocenters. The van der Waals surface area contributed by atoms with E-state index in [-0.39, 0.29) is 11.9 Å². The molecular formula is C12H19N3O2. The second kappa shape index (κ2) is 5.33. The van der Waals surface area contributed by atoms with Gasteiger partial charge in [-0.2, -0.15) is 0 Å². The Labute approximate surface area is 101 Å². The first-order valence-corrected chi connectivity index (χ1v) is 5.92. The lowest BCUT2D eigenvalue weighted by Crippen LogP contribution is -2.50. The van der Waals surface area contributed by atoms with Crippen LogP contribution in [0.3, 0.4) is 0 Å². The van der Waals surface area contributed by atoms with Gasteiger partial charge in [0.25, 0.3) is 0 Å². The molecule has 1 aromatic rings. The van der Waals surface area contributed by atoms with Crippen molar-refractivity contribution < 1.29 is 9.21 Å². The van der Waals surface area contributed by atoms with E-state index in [1.807, 2.05) is 13.0 Å². The van der Waals surface area contributed by atoms with Gasteiger partial charge in [-0.05, 0) is 20.0 Å². The lowest BCUT2D eigenvalue weighted by atomic mass is 10.1. The first-order valence-electron chi connectivity index (χ1n) is 5.92. The summed E-state index contributed by atoms with van der Waals surface area (Å²) in [6.07, 6.45) is 0.489. The molecule has 1 aliphatic rings. The normalized spacial score (nSPS) is 21.4. The molecule has 1 aromatic heterocycles. The van der Waals surface area contributed by atoms with Crippen molar-refractivity contribution >= 4 is 11.8 Å². The molecule has 0 aromatic carbocycles. The zero-order valence-corrected chi connectivity index (χ0v) is 10.3. The van der Waals surface area contributed by atoms with Crippen LogP contribution in [0.25, 0.3) is 0 Å². The van der Waals surface area contributed by atoms with Gasteiger partial charge in [0.05, 0.1) is 0 Å². The fourth-order valence-electron chi connectivity index (χ4n) is 1.99. The van der Waals surface area contributed by atoms with E-state index in [1.165, 1.54) is 0 Å². The van der Waals surface area contributed by atoms with Gasteiger partial charge in [-0.15, -0.1) is 0 Å². The average Bonchev–Trinajstić information content (AvgIpc) is 2.67. The zero-order chi connectivity index (χ0) is 12.3. The van der Waals surface area contributed by atoms with Gasteiger partial charge in [-0.25, -0.2) is 0 Å². The summed E-state index contributed by atoms with van der Waals surface area (Å²) in [4.78, 5) is 14.0. The summed E-state index contributed by atoms with van der Waals surface area (Å²) in [5.41, 5.74) is 0. The molecule has 0 bridgehead atoms. The number of carbonyl (C=O) groups excluding carboxylic acids is 1. The van der Waals surface area contributed by atoms with Crippen LogP contribution in [0.15, 0.2) is 16.5 Å². The van der Waals surface area contributed by atoms with Gasteiger partial charge in [0.2, 0.25) is 5.91 Å². The maximum Gasteiger partial charge on any atom is 0.228 e. The number of hydrogen-bond donors (Lipinski definition) is 2. The van der Waals surface area contributed by atoms with Gasteiger partial charge >= 0.3 is 0 Å². The highest BCUT2D eigenvalue weighted by molar-refractivity contribution is 5.89. The summed E-state index contributed by atoms with van der Waals surface area (Å²) in [5, 5.41) is 6.06. The standard InChI is InChI=1S/C12H19N3O2/c1-9-3-4-12(17-9)14-11(16)7-10-8-13-5-6-15(10)2/h3-4,10,13H,5-8H2,1-2H3,(H,14,16). The molecule has 0 radical (unpaired) electrons. The van der Waals surface area contributed by atoms with E-state index < -0.39 is 0 Å². The van der Waals surface area contributed by atoms with E-state index >= 15 is 0 Å². The predicted octanol–water partition coefficient (Wildman–Crippen LogP) is 0.820. The van der Waals surface area contributed by atoms with E-state index in [0.29, 0.717) is 12.3 Å². The van der Waals surface area contributed by atoms with Crippen molar-refractivity contribution in [3.8, 4) is 0 Å². The van der Waals surface area contributed by atoms with Crippen molar-refractivity contribution in [2.75, 3.05) is 32.0 Å². The Morgan fingerprint density at radius 3 is 3.12 bits per heavy atom. The summed E-state index contributed by atoms with van der Waals surface area (Å²) in [5.74, 6) is 1.33. The number of piperazine rings is 1. The van der Waals surface area contributed by atoms with Crippen LogP contribution in [0.5, 0.6) is 0 Å². The van der Waals surface area contributed by atoms with Crippen molar-refractivity contribution in [3.63, 3.8) is 0 Å². The second-order valence-electron chi connectivity index (χ2n) is 4.50. The van der Waals surface area contributed by atoms with Crippen LogP contribution >= 0.6 is 0 Å². The first-order chi connectivity index (χ1) is 8.15. The Bertz CT molecular complexity index is 389. The number of furan rings is 1. The van der Waals surface area contributed by atoms with Crippen molar-refractivity contribution in [3.05, 3.63) is 17.9 Å². The molecule has 1 atom stereocenters. The van der Waals surface area contributed by atoms with Crippen LogP contribution in [0.1, 0.15) is 12.2 Å². The molecule has 1 aliphatic heterocycles. The van der Waals surface area contributed by atoms with Crippen LogP contribution in [-0.2, 0) is 4.79 Å². The smallest absolute Gasteiger partial charge is 0.228 e. The number of nitrogens with zero attached hydrogens (tertiary/aromatic N) is 1. The van der Waals surface area contributed by atoms with E-state index in [9.17, 15) is 4.79 Å². The number of hydrogen-bond acceptors (Lipinski definition) is 4. The average molecular weight is 237 g/mol. The summed E-state index contributed by atoms with van der Waals surface area (Å²) < 4.78 is 5.31. The van der Waals surface area contributed by atoms with Crippen molar-refractivity contribution in [1.82, 2.24) is 10.2 Å². The van der Waals surface area contributed by atoms with Gasteiger partial charge in [-0.3, -0.25) is 10.1 Å². The van der Waals surface area contributed by atoms with Crippen LogP contribution in [0.4, 0.5) is 5.88 Å². The Morgan fingerprint density at radius 2 is 2.47 bits per heavy atom. The van der Waals surface area contributed by atoms with Gasteiger partial charge in [-0.1, -0.05) is 0 Å². The summed E-state index contributed by atoms with van der Waals surface area (Å²) in [6.45, 7) is 4.69. The van der Waals surface area contributed by atoms with Gasteiger partial charge in [0.1, 0.15) is 5.76 Å². The monoisotopic (exact) mass is 237 g/mol. The molecule has 0 saturated carbocycles. The molecule has 2 heterocycles. The molecule has 0 aliphatic carbocycles. The predicted molar refractivity (Wildman–Crippen MR) is 66.0 cm³/mol. The van der Waals surface area contributed by atoms with Gasteiger partial charge in [0, 0.05) is 38.2 Å². The van der Waals surface area contributed by atoms with Crippen molar-refractivity contribution in [2.24, 2.45) is 0 Å². The third-order valence-electron chi connectivity index (χ3n) is 3.07. The third kappa shape index (κ3) is 3.31. The lowest BCUT2D eigenvalue weighted by molar-refractivity contribution is -0.117. The number of amides is 1. The third-order valence-corrected chi connectivity index (χ3v) is 3.07. The topological polar surface area (TPSA) is 57.5 Å². The summed E-state index contributed by atoms with van der Waals surface area (Å²) in [6, 6.07) is 3.87. The number of likely N-dealkylation sites (N-methyl/N-ethyl adjacent to an activating group) is 1. The molecule has 1 fully saturated rings. The molecule has 1 saturated heterocycles. The van der Waals surface area contributed by atoms with Crippen molar-refractivity contribution in [1.29, 1.82) is 0 Å². The summed E-state index contributed by atoms with van der Waals surface area (Å²) in [7, 11) is 2.05. The number of carbonyl (C=O) groups is 1. The zero-order valence-electron chi connectivity index (χ0n) is 10.3. The minimum Gasteiger partial charge on any atom is -0.446 e. The Balaban J connectivity index is 1.84. The Morgan fingerprint density at radius 1 is 1.65 bits per heavy atom. The highest BCUT2D eigenvalue weighted by Crippen LogP contribution is 2.13. The molecule has 2 N–H and O–H groups in total. The van der Waals surface area contributed by atoms with Gasteiger partial charge in [0.15, 0.2) is 5.88 Å². The lowest BCUT2D eigenvalue weighted by Gasteiger charge is -2.32. The molecule has 0 spiro atoms. The quantitative estimate of drug-likeness (QED) is 0.817. The maximum atomic E-state index is 11.8. The minimum absolute atomic E-state index is 0.0000926. The number of aryl methyl sites for hydroxylation is 1. The largest absolute Gasteiger partial charge is 0.446 e. The molecule has 2 rings (SSSR count). The van der Waals surface area contributed by atoms with Gasteiger partial charge < -0.3 is 14.6 Å². The molecule has 5 nitrogen and oxygen atoms in total. The molecule has 94 valence electrons. The Hall–Kier alpha value is -1.33. The highest BCUT2D eigenvalue weighted by Gasteiger charge is 2.21. The molecule has 5 heteroatoms. The first kappa shape index (κ1) is 12.1. The minimum atomic E-state index is -0.0000926. The number of rotatable bonds is 3. The van der Waals surface area contributed by atoms with Crippen LogP contribution in [0.2, 0.25) is 0 Å². The summed E-state index contributed by atoms with van der Waals surface area (Å²) >= 11 is 0. The fraction of sp³-hybridized carbons (Fsp3) is 0.583. The highest BCUT2D eigenvalue weighted by atomic mass is 16.4. The number of anilines is 1. The number of nitrogens with one attached hydrogen (secondary N) is 2. The fourth-order valence-corrected chi connectivity index (χ4v) is 1.99. The van der Waals surface area contributed by atoms with Crippen molar-refractivity contribution in [2.45, 2.75) is 19.4 Å². The van der Waals surface area contributed by atoms with Crippen LogP contribution in [-0.4, -0.2) is 43.5 Å². The van der Waals surface area contributed by atoms with E-state index in [1.54, 1.807) is 6.07 Å². The molecule has 1 amide bonds. The second-order valence-corrected chi connectivity index (χ2v) is 4.50. The van der Waals surface area contributed by atoms with E-state index in [2.05, 4.69) is 22.6 Å². The maximum absolute atomic E-state index is 11.8. The molecule has 17 heavy (non-hydrogen) atoms. The Kier molecular flexibility index (Phi) is 3.81. The van der Waals surface area contributed by atoms with E-state index in [4.69, 9.17) is 4.42 Å². The SMILES string of the molecule is Cc1ccc(NC(=O)CC2CNCCN2C)o1.